The molecule has 2 fully saturated rings. The van der Waals surface area contributed by atoms with Gasteiger partial charge in [-0.25, -0.2) is 4.39 Å². The molecule has 1 aliphatic heterocycles. The highest BCUT2D eigenvalue weighted by Crippen LogP contribution is 2.41. The molecule has 1 aliphatic carbocycles. The van der Waals surface area contributed by atoms with E-state index in [0.29, 0.717) is 29.7 Å². The Morgan fingerprint density at radius 2 is 1.86 bits per heavy atom. The zero-order chi connectivity index (χ0) is 20.1. The molecule has 0 bridgehead atoms. The third-order valence-corrected chi connectivity index (χ3v) is 7.20. The Labute approximate surface area is 171 Å². The molecular weight excluding hydrogens is 375 g/mol. The number of amides is 2. The van der Waals surface area contributed by atoms with Gasteiger partial charge in [-0.15, -0.1) is 11.8 Å². The molecular formula is C22H31FN2O2S. The first-order valence-corrected chi connectivity index (χ1v) is 11.5. The number of carbonyl (C=O) groups excluding carboxylic acids is 2. The van der Waals surface area contributed by atoms with Gasteiger partial charge in [-0.2, -0.15) is 0 Å². The van der Waals surface area contributed by atoms with Crippen molar-refractivity contribution >= 4 is 23.6 Å². The molecule has 4 nitrogen and oxygen atoms in total. The van der Waals surface area contributed by atoms with Crippen LogP contribution in [-0.2, 0) is 4.79 Å². The van der Waals surface area contributed by atoms with Crippen molar-refractivity contribution in [2.45, 2.75) is 63.8 Å². The first kappa shape index (κ1) is 21.2. The second-order valence-electron chi connectivity index (χ2n) is 8.33. The fraction of sp³-hybridized carbons (Fsp3) is 0.636. The van der Waals surface area contributed by atoms with Crippen molar-refractivity contribution in [2.24, 2.45) is 11.8 Å². The average molecular weight is 407 g/mol. The van der Waals surface area contributed by atoms with E-state index < -0.39 is 6.04 Å². The molecule has 0 aromatic heterocycles. The molecule has 1 N–H and O–H groups in total. The number of nitrogens with one attached hydrogen (secondary N) is 1. The van der Waals surface area contributed by atoms with E-state index in [0.717, 1.165) is 19.3 Å². The van der Waals surface area contributed by atoms with Gasteiger partial charge in [0.2, 0.25) is 5.91 Å². The highest BCUT2D eigenvalue weighted by atomic mass is 32.2. The SMILES string of the molecule is CC(C)CCNC(=O)[C@H]1CS[C@@H](C2CCCCC2)N1C(=O)c1ccc(F)cc1. The van der Waals surface area contributed by atoms with Crippen LogP contribution in [0, 0.1) is 17.7 Å². The van der Waals surface area contributed by atoms with Gasteiger partial charge in [0.05, 0.1) is 5.37 Å². The highest BCUT2D eigenvalue weighted by Gasteiger charge is 2.45. The van der Waals surface area contributed by atoms with Crippen molar-refractivity contribution in [3.8, 4) is 0 Å². The molecule has 0 radical (unpaired) electrons. The van der Waals surface area contributed by atoms with E-state index in [1.165, 1.54) is 43.5 Å². The van der Waals surface area contributed by atoms with E-state index >= 15 is 0 Å². The summed E-state index contributed by atoms with van der Waals surface area (Å²) in [7, 11) is 0. The summed E-state index contributed by atoms with van der Waals surface area (Å²) in [4.78, 5) is 28.0. The van der Waals surface area contributed by atoms with Crippen LogP contribution in [0.1, 0.15) is 62.7 Å². The summed E-state index contributed by atoms with van der Waals surface area (Å²) in [6.07, 6.45) is 6.75. The van der Waals surface area contributed by atoms with Crippen LogP contribution in [0.5, 0.6) is 0 Å². The fourth-order valence-electron chi connectivity index (χ4n) is 4.11. The molecule has 1 heterocycles. The first-order valence-electron chi connectivity index (χ1n) is 10.4. The quantitative estimate of drug-likeness (QED) is 0.759. The highest BCUT2D eigenvalue weighted by molar-refractivity contribution is 8.00. The van der Waals surface area contributed by atoms with Crippen LogP contribution in [0.4, 0.5) is 4.39 Å². The minimum Gasteiger partial charge on any atom is -0.354 e. The lowest BCUT2D eigenvalue weighted by Crippen LogP contribution is -2.51. The lowest BCUT2D eigenvalue weighted by atomic mass is 9.88. The molecule has 1 aromatic rings. The summed E-state index contributed by atoms with van der Waals surface area (Å²) >= 11 is 1.73. The largest absolute Gasteiger partial charge is 0.354 e. The molecule has 2 atom stereocenters. The molecule has 0 unspecified atom stereocenters. The van der Waals surface area contributed by atoms with Crippen molar-refractivity contribution in [3.63, 3.8) is 0 Å². The van der Waals surface area contributed by atoms with Gasteiger partial charge in [0.15, 0.2) is 0 Å². The molecule has 0 spiro atoms. The number of hydrogen-bond donors (Lipinski definition) is 1. The number of benzene rings is 1. The van der Waals surface area contributed by atoms with Crippen molar-refractivity contribution in [1.82, 2.24) is 10.2 Å². The maximum Gasteiger partial charge on any atom is 0.255 e. The molecule has 6 heteroatoms. The molecule has 154 valence electrons. The van der Waals surface area contributed by atoms with E-state index in [-0.39, 0.29) is 23.0 Å². The molecule has 1 saturated heterocycles. The molecule has 2 amide bonds. The lowest BCUT2D eigenvalue weighted by molar-refractivity contribution is -0.125. The zero-order valence-electron chi connectivity index (χ0n) is 16.8. The third-order valence-electron chi connectivity index (χ3n) is 5.74. The Balaban J connectivity index is 1.78. The zero-order valence-corrected chi connectivity index (χ0v) is 17.6. The molecule has 1 saturated carbocycles. The van der Waals surface area contributed by atoms with E-state index in [1.807, 2.05) is 0 Å². The van der Waals surface area contributed by atoms with Crippen LogP contribution in [0.25, 0.3) is 0 Å². The second kappa shape index (κ2) is 9.77. The molecule has 28 heavy (non-hydrogen) atoms. The van der Waals surface area contributed by atoms with Gasteiger partial charge in [0.25, 0.3) is 5.91 Å². The predicted octanol–water partition coefficient (Wildman–Crippen LogP) is 4.45. The predicted molar refractivity (Wildman–Crippen MR) is 112 cm³/mol. The summed E-state index contributed by atoms with van der Waals surface area (Å²) in [5.41, 5.74) is 0.449. The summed E-state index contributed by atoms with van der Waals surface area (Å²) in [5, 5.41) is 3.05. The van der Waals surface area contributed by atoms with Crippen LogP contribution in [-0.4, -0.2) is 40.4 Å². The van der Waals surface area contributed by atoms with E-state index in [9.17, 15) is 14.0 Å². The van der Waals surface area contributed by atoms with Crippen LogP contribution < -0.4 is 5.32 Å². The van der Waals surface area contributed by atoms with Gasteiger partial charge in [-0.3, -0.25) is 9.59 Å². The monoisotopic (exact) mass is 406 g/mol. The van der Waals surface area contributed by atoms with Crippen molar-refractivity contribution < 1.29 is 14.0 Å². The van der Waals surface area contributed by atoms with Crippen molar-refractivity contribution in [1.29, 1.82) is 0 Å². The van der Waals surface area contributed by atoms with E-state index in [4.69, 9.17) is 0 Å². The smallest absolute Gasteiger partial charge is 0.255 e. The Hall–Kier alpha value is -1.56. The number of hydrogen-bond acceptors (Lipinski definition) is 3. The van der Waals surface area contributed by atoms with Crippen LogP contribution >= 0.6 is 11.8 Å². The summed E-state index contributed by atoms with van der Waals surface area (Å²) in [6.45, 7) is 4.88. The van der Waals surface area contributed by atoms with Crippen LogP contribution in [0.3, 0.4) is 0 Å². The van der Waals surface area contributed by atoms with E-state index in [1.54, 1.807) is 16.7 Å². The van der Waals surface area contributed by atoms with Crippen LogP contribution in [0.2, 0.25) is 0 Å². The van der Waals surface area contributed by atoms with Gasteiger partial charge in [0, 0.05) is 17.9 Å². The topological polar surface area (TPSA) is 49.4 Å². The maximum absolute atomic E-state index is 13.3. The van der Waals surface area contributed by atoms with Crippen molar-refractivity contribution in [2.75, 3.05) is 12.3 Å². The van der Waals surface area contributed by atoms with Crippen LogP contribution in [0.15, 0.2) is 24.3 Å². The van der Waals surface area contributed by atoms with Gasteiger partial charge in [-0.1, -0.05) is 33.1 Å². The first-order chi connectivity index (χ1) is 13.5. The van der Waals surface area contributed by atoms with Gasteiger partial charge < -0.3 is 10.2 Å². The Bertz CT molecular complexity index is 674. The number of nitrogens with zero attached hydrogens (tertiary/aromatic N) is 1. The average Bonchev–Trinajstić information content (AvgIpc) is 3.13. The molecule has 2 aliphatic rings. The van der Waals surface area contributed by atoms with Crippen molar-refractivity contribution in [3.05, 3.63) is 35.6 Å². The normalized spacial score (nSPS) is 23.2. The Morgan fingerprint density at radius 1 is 1.18 bits per heavy atom. The number of carbonyl (C=O) groups is 2. The van der Waals surface area contributed by atoms with Gasteiger partial charge in [-0.05, 0) is 55.4 Å². The number of thioether (sulfide) groups is 1. The van der Waals surface area contributed by atoms with Gasteiger partial charge in [0.1, 0.15) is 11.9 Å². The summed E-state index contributed by atoms with van der Waals surface area (Å²) < 4.78 is 13.3. The number of rotatable bonds is 6. The third kappa shape index (κ3) is 5.07. The molecule has 3 rings (SSSR count). The number of halogens is 1. The fourth-order valence-corrected chi connectivity index (χ4v) is 5.75. The van der Waals surface area contributed by atoms with E-state index in [2.05, 4.69) is 19.2 Å². The van der Waals surface area contributed by atoms with Gasteiger partial charge >= 0.3 is 0 Å². The molecule has 1 aromatic carbocycles. The Kier molecular flexibility index (Phi) is 7.38. The minimum absolute atomic E-state index is 0.0266. The second-order valence-corrected chi connectivity index (χ2v) is 9.48. The summed E-state index contributed by atoms with van der Waals surface area (Å²) in [6, 6.07) is 5.20. The standard InChI is InChI=1S/C22H31FN2O2S/c1-15(2)12-13-24-20(26)19-14-28-22(17-6-4-3-5-7-17)25(19)21(27)16-8-10-18(23)11-9-16/h8-11,15,17,19,22H,3-7,12-14H2,1-2H3,(H,24,26)/t19-,22+/m1/s1. The summed E-state index contributed by atoms with van der Waals surface area (Å²) in [5.74, 6) is 0.981. The maximum atomic E-state index is 13.3. The lowest BCUT2D eigenvalue weighted by Gasteiger charge is -2.35. The Morgan fingerprint density at radius 3 is 2.50 bits per heavy atom. The minimum atomic E-state index is -0.457.